The molecule has 1 aromatic carbocycles. The minimum atomic E-state index is -1.23. The summed E-state index contributed by atoms with van der Waals surface area (Å²) in [6.07, 6.45) is 0. The van der Waals surface area contributed by atoms with Crippen molar-refractivity contribution in [2.45, 2.75) is 6.92 Å². The highest BCUT2D eigenvalue weighted by Gasteiger charge is 2.19. The minimum absolute atomic E-state index is 0.0152. The van der Waals surface area contributed by atoms with Crippen LogP contribution in [0.1, 0.15) is 25.7 Å². The smallest absolute Gasteiger partial charge is 0.337 e. The molecule has 1 heterocycles. The molecule has 8 heteroatoms. The summed E-state index contributed by atoms with van der Waals surface area (Å²) >= 11 is 12.9. The Morgan fingerprint density at radius 2 is 2.05 bits per heavy atom. The van der Waals surface area contributed by atoms with Crippen LogP contribution in [-0.4, -0.2) is 22.0 Å². The molecule has 0 unspecified atom stereocenters. The van der Waals surface area contributed by atoms with Crippen molar-refractivity contribution < 1.29 is 14.7 Å². The zero-order valence-corrected chi connectivity index (χ0v) is 12.4. The predicted molar refractivity (Wildman–Crippen MR) is 78.2 cm³/mol. The third kappa shape index (κ3) is 2.92. The Labute approximate surface area is 128 Å². The van der Waals surface area contributed by atoms with Gasteiger partial charge in [-0.3, -0.25) is 4.79 Å². The topological polar surface area (TPSA) is 79.3 Å². The Hall–Kier alpha value is -1.63. The van der Waals surface area contributed by atoms with Gasteiger partial charge in [0.1, 0.15) is 4.88 Å². The SMILES string of the molecule is Cc1ncsc1C(=O)Nc1c(Cl)cc(Cl)cc1C(=O)O. The maximum atomic E-state index is 12.1. The van der Waals surface area contributed by atoms with E-state index in [4.69, 9.17) is 28.3 Å². The number of carbonyl (C=O) groups excluding carboxylic acids is 1. The third-order valence-corrected chi connectivity index (χ3v) is 3.92. The summed E-state index contributed by atoms with van der Waals surface area (Å²) < 4.78 is 0. The molecule has 0 aliphatic rings. The van der Waals surface area contributed by atoms with E-state index in [1.807, 2.05) is 0 Å². The van der Waals surface area contributed by atoms with E-state index >= 15 is 0 Å². The van der Waals surface area contributed by atoms with Crippen molar-refractivity contribution in [3.8, 4) is 0 Å². The van der Waals surface area contributed by atoms with Crippen LogP contribution in [0.15, 0.2) is 17.6 Å². The van der Waals surface area contributed by atoms with Crippen LogP contribution in [0.4, 0.5) is 5.69 Å². The van der Waals surface area contributed by atoms with Gasteiger partial charge >= 0.3 is 5.97 Å². The predicted octanol–water partition coefficient (Wildman–Crippen LogP) is 3.71. The fourth-order valence-electron chi connectivity index (χ4n) is 1.56. The first-order chi connectivity index (χ1) is 9.40. The fraction of sp³-hybridized carbons (Fsp3) is 0.0833. The maximum Gasteiger partial charge on any atom is 0.337 e. The Bertz CT molecular complexity index is 700. The van der Waals surface area contributed by atoms with Crippen molar-refractivity contribution in [2.24, 2.45) is 0 Å². The molecular formula is C12H8Cl2N2O3S. The lowest BCUT2D eigenvalue weighted by Gasteiger charge is -2.10. The Morgan fingerprint density at radius 1 is 1.35 bits per heavy atom. The molecule has 0 saturated carbocycles. The number of benzene rings is 1. The number of thiazole rings is 1. The number of nitrogens with zero attached hydrogens (tertiary/aromatic N) is 1. The molecular weight excluding hydrogens is 323 g/mol. The Morgan fingerprint density at radius 3 is 2.60 bits per heavy atom. The number of halogens is 2. The molecule has 1 amide bonds. The van der Waals surface area contributed by atoms with Crippen LogP contribution in [0.2, 0.25) is 10.0 Å². The standard InChI is InChI=1S/C12H8Cl2N2O3S/c1-5-10(20-4-15-5)11(17)16-9-7(12(18)19)2-6(13)3-8(9)14/h2-4H,1H3,(H,16,17)(H,18,19). The first-order valence-corrected chi connectivity index (χ1v) is 6.97. The number of hydrogen-bond acceptors (Lipinski definition) is 4. The second-order valence-electron chi connectivity index (χ2n) is 3.84. The van der Waals surface area contributed by atoms with Gasteiger partial charge in [0.2, 0.25) is 0 Å². The second kappa shape index (κ2) is 5.78. The van der Waals surface area contributed by atoms with Gasteiger partial charge in [-0.2, -0.15) is 0 Å². The van der Waals surface area contributed by atoms with Gasteiger partial charge in [-0.05, 0) is 19.1 Å². The highest BCUT2D eigenvalue weighted by Crippen LogP contribution is 2.31. The number of anilines is 1. The van der Waals surface area contributed by atoms with Gasteiger partial charge in [0, 0.05) is 5.02 Å². The Kier molecular flexibility index (Phi) is 4.27. The molecule has 0 radical (unpaired) electrons. The summed E-state index contributed by atoms with van der Waals surface area (Å²) in [6, 6.07) is 2.59. The number of nitrogens with one attached hydrogen (secondary N) is 1. The number of carbonyl (C=O) groups is 2. The molecule has 0 aliphatic carbocycles. The summed E-state index contributed by atoms with van der Waals surface area (Å²) in [6.45, 7) is 1.69. The average Bonchev–Trinajstić information content (AvgIpc) is 2.78. The van der Waals surface area contributed by atoms with Crippen LogP contribution in [0.25, 0.3) is 0 Å². The number of amides is 1. The van der Waals surface area contributed by atoms with E-state index in [9.17, 15) is 9.59 Å². The molecule has 0 spiro atoms. The van der Waals surface area contributed by atoms with Gasteiger partial charge in [0.15, 0.2) is 0 Å². The summed E-state index contributed by atoms with van der Waals surface area (Å²) in [5.74, 6) is -1.69. The van der Waals surface area contributed by atoms with Gasteiger partial charge in [-0.25, -0.2) is 9.78 Å². The normalized spacial score (nSPS) is 10.3. The molecule has 5 nitrogen and oxygen atoms in total. The zero-order chi connectivity index (χ0) is 14.9. The van der Waals surface area contributed by atoms with Crippen LogP contribution in [0, 0.1) is 6.92 Å². The summed E-state index contributed by atoms with van der Waals surface area (Å²) in [5.41, 5.74) is 1.94. The lowest BCUT2D eigenvalue weighted by atomic mass is 10.1. The number of aryl methyl sites for hydroxylation is 1. The maximum absolute atomic E-state index is 12.1. The van der Waals surface area contributed by atoms with Crippen molar-refractivity contribution in [1.82, 2.24) is 4.98 Å². The van der Waals surface area contributed by atoms with E-state index in [1.54, 1.807) is 6.92 Å². The monoisotopic (exact) mass is 330 g/mol. The highest BCUT2D eigenvalue weighted by atomic mass is 35.5. The summed E-state index contributed by atoms with van der Waals surface area (Å²) in [7, 11) is 0. The summed E-state index contributed by atoms with van der Waals surface area (Å²) in [4.78, 5) is 27.6. The second-order valence-corrected chi connectivity index (χ2v) is 5.53. The van der Waals surface area contributed by atoms with Crippen molar-refractivity contribution in [1.29, 1.82) is 0 Å². The van der Waals surface area contributed by atoms with Gasteiger partial charge in [-0.1, -0.05) is 23.2 Å². The molecule has 20 heavy (non-hydrogen) atoms. The van der Waals surface area contributed by atoms with Gasteiger partial charge < -0.3 is 10.4 Å². The van der Waals surface area contributed by atoms with Crippen LogP contribution in [0.3, 0.4) is 0 Å². The molecule has 0 aliphatic heterocycles. The third-order valence-electron chi connectivity index (χ3n) is 2.48. The van der Waals surface area contributed by atoms with Crippen LogP contribution < -0.4 is 5.32 Å². The lowest BCUT2D eigenvalue weighted by molar-refractivity contribution is 0.0698. The van der Waals surface area contributed by atoms with E-state index in [2.05, 4.69) is 10.3 Å². The number of rotatable bonds is 3. The van der Waals surface area contributed by atoms with Crippen molar-refractivity contribution in [3.63, 3.8) is 0 Å². The highest BCUT2D eigenvalue weighted by molar-refractivity contribution is 7.12. The number of carboxylic acid groups (broad SMARTS) is 1. The number of aromatic nitrogens is 1. The van der Waals surface area contributed by atoms with Crippen molar-refractivity contribution >= 4 is 52.1 Å². The first-order valence-electron chi connectivity index (χ1n) is 5.34. The molecule has 2 rings (SSSR count). The molecule has 2 N–H and O–H groups in total. The number of carboxylic acids is 1. The van der Waals surface area contributed by atoms with Crippen LogP contribution in [0.5, 0.6) is 0 Å². The quantitative estimate of drug-likeness (QED) is 0.899. The van der Waals surface area contributed by atoms with E-state index in [-0.39, 0.29) is 21.3 Å². The minimum Gasteiger partial charge on any atom is -0.478 e. The van der Waals surface area contributed by atoms with Gasteiger partial charge in [0.25, 0.3) is 5.91 Å². The molecule has 104 valence electrons. The van der Waals surface area contributed by atoms with Crippen molar-refractivity contribution in [2.75, 3.05) is 5.32 Å². The molecule has 1 aromatic heterocycles. The lowest BCUT2D eigenvalue weighted by Crippen LogP contribution is -2.15. The van der Waals surface area contributed by atoms with Gasteiger partial charge in [0.05, 0.1) is 27.5 Å². The van der Waals surface area contributed by atoms with E-state index in [1.165, 1.54) is 17.6 Å². The summed E-state index contributed by atoms with van der Waals surface area (Å²) in [5, 5.41) is 11.9. The zero-order valence-electron chi connectivity index (χ0n) is 10.1. The fourth-order valence-corrected chi connectivity index (χ4v) is 2.80. The van der Waals surface area contributed by atoms with E-state index in [0.29, 0.717) is 10.6 Å². The van der Waals surface area contributed by atoms with Gasteiger partial charge in [-0.15, -0.1) is 11.3 Å². The molecule has 2 aromatic rings. The van der Waals surface area contributed by atoms with Crippen LogP contribution >= 0.6 is 34.5 Å². The largest absolute Gasteiger partial charge is 0.478 e. The Balaban J connectivity index is 2.41. The molecule has 0 bridgehead atoms. The average molecular weight is 331 g/mol. The van der Waals surface area contributed by atoms with Crippen LogP contribution in [-0.2, 0) is 0 Å². The molecule has 0 saturated heterocycles. The van der Waals surface area contributed by atoms with E-state index in [0.717, 1.165) is 11.3 Å². The number of hydrogen-bond donors (Lipinski definition) is 2. The van der Waals surface area contributed by atoms with E-state index < -0.39 is 11.9 Å². The van der Waals surface area contributed by atoms with Crippen molar-refractivity contribution in [3.05, 3.63) is 43.8 Å². The number of aromatic carboxylic acids is 1. The first kappa shape index (κ1) is 14.8. The molecule has 0 fully saturated rings. The molecule has 0 atom stereocenters.